The maximum atomic E-state index is 11.8. The average Bonchev–Trinajstić information content (AvgIpc) is 2.41. The Bertz CT molecular complexity index is 453. The van der Waals surface area contributed by atoms with E-state index < -0.39 is 5.97 Å². The van der Waals surface area contributed by atoms with Gasteiger partial charge in [0.2, 0.25) is 0 Å². The van der Waals surface area contributed by atoms with Gasteiger partial charge in [-0.05, 0) is 18.6 Å². The SMILES string of the molecule is CCCCCCOC(=O)Cn1cccc(OC)c1=O. The summed E-state index contributed by atoms with van der Waals surface area (Å²) in [6.45, 7) is 2.46. The molecule has 1 rings (SSSR count). The summed E-state index contributed by atoms with van der Waals surface area (Å²) < 4.78 is 11.3. The number of esters is 1. The number of nitrogens with zero attached hydrogens (tertiary/aromatic N) is 1. The zero-order valence-electron chi connectivity index (χ0n) is 11.6. The van der Waals surface area contributed by atoms with Gasteiger partial charge in [-0.3, -0.25) is 9.59 Å². The summed E-state index contributed by atoms with van der Waals surface area (Å²) in [5.74, 6) is -0.176. The summed E-state index contributed by atoms with van der Waals surface area (Å²) in [6, 6.07) is 3.23. The average molecular weight is 267 g/mol. The van der Waals surface area contributed by atoms with E-state index in [-0.39, 0.29) is 17.9 Å². The lowest BCUT2D eigenvalue weighted by Crippen LogP contribution is -2.25. The third kappa shape index (κ3) is 5.16. The highest BCUT2D eigenvalue weighted by Crippen LogP contribution is 2.01. The van der Waals surface area contributed by atoms with Gasteiger partial charge in [-0.15, -0.1) is 0 Å². The molecule has 1 aromatic rings. The third-order valence-corrected chi connectivity index (χ3v) is 2.77. The van der Waals surface area contributed by atoms with Gasteiger partial charge in [0, 0.05) is 6.20 Å². The van der Waals surface area contributed by atoms with E-state index in [2.05, 4.69) is 6.92 Å². The first kappa shape index (κ1) is 15.3. The van der Waals surface area contributed by atoms with Crippen molar-refractivity contribution in [3.05, 3.63) is 28.7 Å². The molecule has 0 bridgehead atoms. The highest BCUT2D eigenvalue weighted by Gasteiger charge is 2.08. The van der Waals surface area contributed by atoms with Crippen LogP contribution in [0.1, 0.15) is 32.6 Å². The van der Waals surface area contributed by atoms with Gasteiger partial charge in [-0.2, -0.15) is 0 Å². The van der Waals surface area contributed by atoms with Crippen LogP contribution in [-0.2, 0) is 16.1 Å². The van der Waals surface area contributed by atoms with E-state index in [0.717, 1.165) is 25.7 Å². The number of ether oxygens (including phenoxy) is 2. The van der Waals surface area contributed by atoms with Crippen LogP contribution in [0.5, 0.6) is 5.75 Å². The molecule has 0 saturated heterocycles. The maximum absolute atomic E-state index is 11.8. The second-order valence-corrected chi connectivity index (χ2v) is 4.29. The van der Waals surface area contributed by atoms with Crippen molar-refractivity contribution in [1.82, 2.24) is 4.57 Å². The van der Waals surface area contributed by atoms with Crippen LogP contribution in [0.15, 0.2) is 23.1 Å². The molecule has 0 N–H and O–H groups in total. The molecule has 19 heavy (non-hydrogen) atoms. The second kappa shape index (κ2) is 8.34. The first-order chi connectivity index (χ1) is 9.19. The summed E-state index contributed by atoms with van der Waals surface area (Å²) in [7, 11) is 1.42. The molecular weight excluding hydrogens is 246 g/mol. The molecule has 0 atom stereocenters. The number of hydrogen-bond donors (Lipinski definition) is 0. The van der Waals surface area contributed by atoms with E-state index in [1.807, 2.05) is 0 Å². The monoisotopic (exact) mass is 267 g/mol. The Hall–Kier alpha value is -1.78. The first-order valence-corrected chi connectivity index (χ1v) is 6.58. The van der Waals surface area contributed by atoms with Crippen molar-refractivity contribution in [3.63, 3.8) is 0 Å². The number of hydrogen-bond acceptors (Lipinski definition) is 4. The fourth-order valence-corrected chi connectivity index (χ4v) is 1.69. The van der Waals surface area contributed by atoms with Gasteiger partial charge in [-0.25, -0.2) is 0 Å². The lowest BCUT2D eigenvalue weighted by atomic mass is 10.2. The Morgan fingerprint density at radius 1 is 1.32 bits per heavy atom. The van der Waals surface area contributed by atoms with Crippen molar-refractivity contribution in [2.45, 2.75) is 39.2 Å². The van der Waals surface area contributed by atoms with Gasteiger partial charge >= 0.3 is 5.97 Å². The predicted octanol–water partition coefficient (Wildman–Crippen LogP) is 1.98. The van der Waals surface area contributed by atoms with Crippen LogP contribution < -0.4 is 10.3 Å². The quantitative estimate of drug-likeness (QED) is 0.534. The highest BCUT2D eigenvalue weighted by molar-refractivity contribution is 5.69. The molecule has 0 unspecified atom stereocenters. The molecule has 0 aliphatic heterocycles. The van der Waals surface area contributed by atoms with Crippen molar-refractivity contribution < 1.29 is 14.3 Å². The predicted molar refractivity (Wildman–Crippen MR) is 72.4 cm³/mol. The third-order valence-electron chi connectivity index (χ3n) is 2.77. The van der Waals surface area contributed by atoms with Crippen LogP contribution in [0.2, 0.25) is 0 Å². The molecule has 0 saturated carbocycles. The molecule has 0 amide bonds. The van der Waals surface area contributed by atoms with Gasteiger partial charge in [0.15, 0.2) is 5.75 Å². The van der Waals surface area contributed by atoms with Gasteiger partial charge in [-0.1, -0.05) is 26.2 Å². The second-order valence-electron chi connectivity index (χ2n) is 4.29. The molecule has 5 heteroatoms. The minimum Gasteiger partial charge on any atom is -0.491 e. The van der Waals surface area contributed by atoms with Crippen molar-refractivity contribution in [2.75, 3.05) is 13.7 Å². The fourth-order valence-electron chi connectivity index (χ4n) is 1.69. The van der Waals surface area contributed by atoms with E-state index in [9.17, 15) is 9.59 Å². The Kier molecular flexibility index (Phi) is 6.71. The summed E-state index contributed by atoms with van der Waals surface area (Å²) in [4.78, 5) is 23.4. The largest absolute Gasteiger partial charge is 0.491 e. The van der Waals surface area contributed by atoms with Crippen molar-refractivity contribution in [3.8, 4) is 5.75 Å². The van der Waals surface area contributed by atoms with Crippen LogP contribution in [0.3, 0.4) is 0 Å². The summed E-state index contributed by atoms with van der Waals surface area (Å²) in [5, 5.41) is 0. The molecule has 0 spiro atoms. The maximum Gasteiger partial charge on any atom is 0.326 e. The minimum atomic E-state index is -0.396. The molecule has 0 aromatic carbocycles. The van der Waals surface area contributed by atoms with Gasteiger partial charge in [0.1, 0.15) is 6.54 Å². The molecule has 106 valence electrons. The molecule has 1 aromatic heterocycles. The number of unbranched alkanes of at least 4 members (excludes halogenated alkanes) is 3. The highest BCUT2D eigenvalue weighted by atomic mass is 16.5. The van der Waals surface area contributed by atoms with E-state index >= 15 is 0 Å². The molecule has 1 heterocycles. The number of methoxy groups -OCH3 is 1. The molecule has 5 nitrogen and oxygen atoms in total. The summed E-state index contributed by atoms with van der Waals surface area (Å²) in [5.41, 5.74) is -0.326. The van der Waals surface area contributed by atoms with Gasteiger partial charge < -0.3 is 14.0 Å². The minimum absolute atomic E-state index is 0.0796. The van der Waals surface area contributed by atoms with Crippen molar-refractivity contribution in [1.29, 1.82) is 0 Å². The topological polar surface area (TPSA) is 57.5 Å². The van der Waals surface area contributed by atoms with E-state index in [4.69, 9.17) is 9.47 Å². The van der Waals surface area contributed by atoms with Gasteiger partial charge in [0.05, 0.1) is 13.7 Å². The molecule has 0 aliphatic rings. The summed E-state index contributed by atoms with van der Waals surface area (Å²) >= 11 is 0. The number of carbonyl (C=O) groups excluding carboxylic acids is 1. The van der Waals surface area contributed by atoms with Crippen LogP contribution in [0, 0.1) is 0 Å². The number of pyridine rings is 1. The van der Waals surface area contributed by atoms with E-state index in [1.165, 1.54) is 11.7 Å². The molecular formula is C14H21NO4. The number of aromatic nitrogens is 1. The Morgan fingerprint density at radius 2 is 2.11 bits per heavy atom. The van der Waals surface area contributed by atoms with Crippen molar-refractivity contribution in [2.24, 2.45) is 0 Å². The molecule has 0 fully saturated rings. The van der Waals surface area contributed by atoms with Crippen LogP contribution in [0.25, 0.3) is 0 Å². The van der Waals surface area contributed by atoms with E-state index in [1.54, 1.807) is 18.3 Å². The first-order valence-electron chi connectivity index (χ1n) is 6.58. The van der Waals surface area contributed by atoms with Crippen molar-refractivity contribution >= 4 is 5.97 Å². The van der Waals surface area contributed by atoms with E-state index in [0.29, 0.717) is 6.61 Å². The molecule has 0 radical (unpaired) electrons. The summed E-state index contributed by atoms with van der Waals surface area (Å²) in [6.07, 6.45) is 5.76. The number of carbonyl (C=O) groups is 1. The lowest BCUT2D eigenvalue weighted by Gasteiger charge is -2.08. The number of rotatable bonds is 8. The Labute approximate surface area is 113 Å². The standard InChI is InChI=1S/C14H21NO4/c1-3-4-5-6-10-19-13(16)11-15-9-7-8-12(18-2)14(15)17/h7-9H,3-6,10-11H2,1-2H3. The Balaban J connectivity index is 2.42. The van der Waals surface area contributed by atoms with Crippen LogP contribution >= 0.6 is 0 Å². The Morgan fingerprint density at radius 3 is 2.79 bits per heavy atom. The van der Waals surface area contributed by atoms with Crippen LogP contribution in [-0.4, -0.2) is 24.3 Å². The van der Waals surface area contributed by atoms with Gasteiger partial charge in [0.25, 0.3) is 5.56 Å². The zero-order valence-corrected chi connectivity index (χ0v) is 11.6. The fraction of sp³-hybridized carbons (Fsp3) is 0.571. The molecule has 0 aliphatic carbocycles. The normalized spacial score (nSPS) is 10.2. The lowest BCUT2D eigenvalue weighted by molar-refractivity contribution is -0.144. The van der Waals surface area contributed by atoms with Crippen LogP contribution in [0.4, 0.5) is 0 Å². The zero-order chi connectivity index (χ0) is 14.1. The smallest absolute Gasteiger partial charge is 0.326 e.